The van der Waals surface area contributed by atoms with E-state index in [2.05, 4.69) is 18.3 Å². The van der Waals surface area contributed by atoms with Gasteiger partial charge in [-0.2, -0.15) is 0 Å². The summed E-state index contributed by atoms with van der Waals surface area (Å²) in [6, 6.07) is 6.38. The lowest BCUT2D eigenvalue weighted by atomic mass is 10.0. The third kappa shape index (κ3) is 1.95. The Morgan fingerprint density at radius 3 is 2.94 bits per heavy atom. The van der Waals surface area contributed by atoms with E-state index in [9.17, 15) is 5.11 Å². The fourth-order valence-corrected chi connectivity index (χ4v) is 3.02. The molecule has 0 heterocycles. The first-order chi connectivity index (χ1) is 8.24. The topological polar surface area (TPSA) is 32.3 Å². The van der Waals surface area contributed by atoms with Gasteiger partial charge in [0.15, 0.2) is 0 Å². The van der Waals surface area contributed by atoms with Crippen LogP contribution in [0.5, 0.6) is 5.75 Å². The van der Waals surface area contributed by atoms with E-state index in [0.29, 0.717) is 17.2 Å². The quantitative estimate of drug-likeness (QED) is 0.834. The van der Waals surface area contributed by atoms with E-state index >= 15 is 0 Å². The lowest BCUT2D eigenvalue weighted by molar-refractivity contribution is 0.403. The van der Waals surface area contributed by atoms with E-state index in [-0.39, 0.29) is 0 Å². The van der Waals surface area contributed by atoms with Crippen LogP contribution in [0.1, 0.15) is 49.8 Å². The molecule has 2 N–H and O–H groups in total. The fourth-order valence-electron chi connectivity index (χ4n) is 3.02. The molecule has 2 heteroatoms. The number of benzene rings is 1. The number of nitrogens with one attached hydrogen (secondary N) is 1. The number of phenolic OH excluding ortho intramolecular Hbond substituents is 1. The Bertz CT molecular complexity index is 423. The van der Waals surface area contributed by atoms with Gasteiger partial charge in [0.1, 0.15) is 5.75 Å². The molecule has 1 unspecified atom stereocenters. The minimum atomic E-state index is 0.459. The lowest BCUT2D eigenvalue weighted by Crippen LogP contribution is -2.26. The molecule has 3 rings (SSSR count). The minimum absolute atomic E-state index is 0.459. The van der Waals surface area contributed by atoms with Crippen molar-refractivity contribution in [1.82, 2.24) is 5.32 Å². The van der Waals surface area contributed by atoms with Gasteiger partial charge in [0.2, 0.25) is 0 Å². The van der Waals surface area contributed by atoms with Crippen LogP contribution in [0.3, 0.4) is 0 Å². The molecular weight excluding hydrogens is 210 g/mol. The Morgan fingerprint density at radius 2 is 2.24 bits per heavy atom. The van der Waals surface area contributed by atoms with E-state index in [1.165, 1.54) is 24.8 Å². The molecule has 1 aromatic rings. The Morgan fingerprint density at radius 1 is 1.41 bits per heavy atom. The van der Waals surface area contributed by atoms with Crippen LogP contribution in [0.2, 0.25) is 0 Å². The van der Waals surface area contributed by atoms with Crippen LogP contribution in [-0.4, -0.2) is 11.7 Å². The lowest BCUT2D eigenvalue weighted by Gasteiger charge is -2.19. The first-order valence-electron chi connectivity index (χ1n) is 6.78. The zero-order valence-electron chi connectivity index (χ0n) is 10.5. The Hall–Kier alpha value is -1.02. The van der Waals surface area contributed by atoms with Crippen molar-refractivity contribution in [3.05, 3.63) is 29.3 Å². The van der Waals surface area contributed by atoms with Gasteiger partial charge >= 0.3 is 0 Å². The van der Waals surface area contributed by atoms with Gasteiger partial charge in [-0.1, -0.05) is 19.1 Å². The molecule has 0 radical (unpaired) electrons. The van der Waals surface area contributed by atoms with Crippen molar-refractivity contribution >= 4 is 0 Å². The molecule has 1 aromatic carbocycles. The summed E-state index contributed by atoms with van der Waals surface area (Å²) in [4.78, 5) is 0. The van der Waals surface area contributed by atoms with Gasteiger partial charge in [-0.25, -0.2) is 0 Å². The van der Waals surface area contributed by atoms with Crippen LogP contribution in [-0.2, 0) is 6.42 Å². The molecular formula is C15H21NO. The molecule has 1 fully saturated rings. The summed E-state index contributed by atoms with van der Waals surface area (Å²) in [6.45, 7) is 3.44. The molecule has 1 atom stereocenters. The zero-order chi connectivity index (χ0) is 11.9. The average Bonchev–Trinajstić information content (AvgIpc) is 3.01. The van der Waals surface area contributed by atoms with E-state index in [4.69, 9.17) is 0 Å². The summed E-state index contributed by atoms with van der Waals surface area (Å²) in [7, 11) is 0. The zero-order valence-corrected chi connectivity index (χ0v) is 10.5. The Labute approximate surface area is 103 Å². The van der Waals surface area contributed by atoms with E-state index in [1.807, 2.05) is 6.07 Å². The van der Waals surface area contributed by atoms with Gasteiger partial charge in [-0.05, 0) is 54.7 Å². The first kappa shape index (κ1) is 11.1. The number of fused-ring (bicyclic) bond motifs is 1. The molecule has 2 aliphatic carbocycles. The molecule has 0 aromatic heterocycles. The van der Waals surface area contributed by atoms with Crippen LogP contribution in [0.15, 0.2) is 18.2 Å². The molecule has 0 bridgehead atoms. The van der Waals surface area contributed by atoms with E-state index in [1.54, 1.807) is 6.07 Å². The molecule has 0 amide bonds. The number of aromatic hydroxyl groups is 1. The fraction of sp³-hybridized carbons (Fsp3) is 0.600. The average molecular weight is 231 g/mol. The van der Waals surface area contributed by atoms with Crippen molar-refractivity contribution in [3.63, 3.8) is 0 Å². The second-order valence-corrected chi connectivity index (χ2v) is 5.67. The van der Waals surface area contributed by atoms with Gasteiger partial charge in [0.25, 0.3) is 0 Å². The van der Waals surface area contributed by atoms with Gasteiger partial charge < -0.3 is 10.4 Å². The molecule has 0 aliphatic heterocycles. The Balaban J connectivity index is 1.69. The van der Waals surface area contributed by atoms with Gasteiger partial charge in [-0.3, -0.25) is 0 Å². The monoisotopic (exact) mass is 231 g/mol. The van der Waals surface area contributed by atoms with Crippen LogP contribution in [0.25, 0.3) is 0 Å². The van der Waals surface area contributed by atoms with Crippen molar-refractivity contribution in [2.45, 2.75) is 45.1 Å². The Kier molecular flexibility index (Phi) is 2.62. The van der Waals surface area contributed by atoms with Crippen molar-refractivity contribution in [1.29, 1.82) is 0 Å². The van der Waals surface area contributed by atoms with Gasteiger partial charge in [-0.15, -0.1) is 0 Å². The van der Waals surface area contributed by atoms with Gasteiger partial charge in [0.05, 0.1) is 0 Å². The highest BCUT2D eigenvalue weighted by molar-refractivity contribution is 5.44. The largest absolute Gasteiger partial charge is 0.508 e. The summed E-state index contributed by atoms with van der Waals surface area (Å²) in [5.74, 6) is 0.475. The molecule has 2 aliphatic rings. The summed E-state index contributed by atoms with van der Waals surface area (Å²) in [6.07, 6.45) is 6.21. The molecule has 92 valence electrons. The predicted octanol–water partition coefficient (Wildman–Crippen LogP) is 3.16. The number of hydrogen-bond donors (Lipinski definition) is 2. The van der Waals surface area contributed by atoms with Crippen LogP contribution < -0.4 is 5.32 Å². The van der Waals surface area contributed by atoms with E-state index < -0.39 is 0 Å². The molecule has 2 nitrogen and oxygen atoms in total. The number of phenols is 1. The molecule has 17 heavy (non-hydrogen) atoms. The van der Waals surface area contributed by atoms with Crippen molar-refractivity contribution in [2.24, 2.45) is 5.41 Å². The van der Waals surface area contributed by atoms with Crippen molar-refractivity contribution in [2.75, 3.05) is 6.54 Å². The normalized spacial score (nSPS) is 24.6. The summed E-state index contributed by atoms with van der Waals surface area (Å²) < 4.78 is 0. The summed E-state index contributed by atoms with van der Waals surface area (Å²) in [5, 5.41) is 13.5. The first-order valence-corrected chi connectivity index (χ1v) is 6.78. The van der Waals surface area contributed by atoms with E-state index in [0.717, 1.165) is 24.9 Å². The second kappa shape index (κ2) is 4.02. The van der Waals surface area contributed by atoms with Crippen molar-refractivity contribution < 1.29 is 5.11 Å². The van der Waals surface area contributed by atoms with Crippen LogP contribution in [0.4, 0.5) is 0 Å². The third-order valence-electron chi connectivity index (χ3n) is 4.68. The number of hydrogen-bond acceptors (Lipinski definition) is 2. The summed E-state index contributed by atoms with van der Waals surface area (Å²) >= 11 is 0. The van der Waals surface area contributed by atoms with Crippen LogP contribution >= 0.6 is 0 Å². The maximum Gasteiger partial charge on any atom is 0.119 e. The second-order valence-electron chi connectivity index (χ2n) is 5.67. The standard InChI is InChI=1S/C15H21NO/c1-2-15(8-9-15)10-16-13-7-6-12-11(13)4-3-5-14(12)17/h3-5,13,16-17H,2,6-10H2,1H3. The highest BCUT2D eigenvalue weighted by Gasteiger charge is 2.41. The predicted molar refractivity (Wildman–Crippen MR) is 69.1 cm³/mol. The smallest absolute Gasteiger partial charge is 0.119 e. The summed E-state index contributed by atoms with van der Waals surface area (Å²) in [5.41, 5.74) is 3.07. The van der Waals surface area contributed by atoms with Gasteiger partial charge in [0, 0.05) is 12.6 Å². The van der Waals surface area contributed by atoms with Crippen LogP contribution in [0, 0.1) is 5.41 Å². The third-order valence-corrected chi connectivity index (χ3v) is 4.68. The molecule has 0 spiro atoms. The maximum atomic E-state index is 9.81. The molecule has 1 saturated carbocycles. The maximum absolute atomic E-state index is 9.81. The van der Waals surface area contributed by atoms with Crippen molar-refractivity contribution in [3.8, 4) is 5.75 Å². The highest BCUT2D eigenvalue weighted by Crippen LogP contribution is 2.48. The highest BCUT2D eigenvalue weighted by atomic mass is 16.3. The SMILES string of the molecule is CCC1(CNC2CCc3c(O)cccc32)CC1. The molecule has 0 saturated heterocycles. The minimum Gasteiger partial charge on any atom is -0.508 e. The number of rotatable bonds is 4.